The summed E-state index contributed by atoms with van der Waals surface area (Å²) in [5.41, 5.74) is 1.24. The molecule has 0 aliphatic rings. The van der Waals surface area contributed by atoms with Crippen LogP contribution in [0.2, 0.25) is 0 Å². The van der Waals surface area contributed by atoms with Gasteiger partial charge in [-0.25, -0.2) is 0 Å². The molecule has 0 spiro atoms. The van der Waals surface area contributed by atoms with Gasteiger partial charge in [-0.3, -0.25) is 4.79 Å². The highest BCUT2D eigenvalue weighted by atomic mass is 16.5. The van der Waals surface area contributed by atoms with Crippen LogP contribution in [-0.2, 0) is 16.0 Å². The molecule has 1 N–H and O–H groups in total. The van der Waals surface area contributed by atoms with E-state index >= 15 is 0 Å². The normalized spacial score (nSPS) is 11.9. The first kappa shape index (κ1) is 14.5. The summed E-state index contributed by atoms with van der Waals surface area (Å²) in [4.78, 5) is 11.0. The number of esters is 1. The Morgan fingerprint density at radius 2 is 1.94 bits per heavy atom. The average molecular weight is 251 g/mol. The van der Waals surface area contributed by atoms with Crippen molar-refractivity contribution in [2.24, 2.45) is 0 Å². The van der Waals surface area contributed by atoms with Crippen LogP contribution in [0.1, 0.15) is 18.9 Å². The molecule has 0 bridgehead atoms. The van der Waals surface area contributed by atoms with E-state index in [2.05, 4.69) is 10.1 Å². The molecule has 4 nitrogen and oxygen atoms in total. The van der Waals surface area contributed by atoms with Crippen molar-refractivity contribution >= 4 is 5.97 Å². The van der Waals surface area contributed by atoms with Crippen LogP contribution in [-0.4, -0.2) is 32.8 Å². The van der Waals surface area contributed by atoms with Crippen LogP contribution in [0.15, 0.2) is 24.3 Å². The Morgan fingerprint density at radius 1 is 1.28 bits per heavy atom. The predicted molar refractivity (Wildman–Crippen MR) is 70.8 cm³/mol. The van der Waals surface area contributed by atoms with Crippen LogP contribution >= 0.6 is 0 Å². The SMILES string of the molecule is COC(=O)C[C@@H](C)NCCc1ccc(OC)cc1. The minimum Gasteiger partial charge on any atom is -0.497 e. The molecule has 1 atom stereocenters. The second kappa shape index (κ2) is 7.71. The van der Waals surface area contributed by atoms with Crippen molar-refractivity contribution in [2.45, 2.75) is 25.8 Å². The molecule has 18 heavy (non-hydrogen) atoms. The van der Waals surface area contributed by atoms with Gasteiger partial charge in [-0.05, 0) is 37.6 Å². The molecule has 1 aromatic carbocycles. The Balaban J connectivity index is 2.26. The molecule has 4 heteroatoms. The number of benzene rings is 1. The van der Waals surface area contributed by atoms with Gasteiger partial charge in [0.2, 0.25) is 0 Å². The van der Waals surface area contributed by atoms with E-state index in [1.807, 2.05) is 31.2 Å². The first-order valence-electron chi connectivity index (χ1n) is 6.09. The molecule has 0 heterocycles. The third kappa shape index (κ3) is 5.19. The van der Waals surface area contributed by atoms with Crippen molar-refractivity contribution in [3.8, 4) is 5.75 Å². The Kier molecular flexibility index (Phi) is 6.22. The van der Waals surface area contributed by atoms with Gasteiger partial charge in [0.1, 0.15) is 5.75 Å². The largest absolute Gasteiger partial charge is 0.497 e. The molecule has 0 aromatic heterocycles. The summed E-state index contributed by atoms with van der Waals surface area (Å²) < 4.78 is 9.72. The fourth-order valence-electron chi connectivity index (χ4n) is 1.66. The van der Waals surface area contributed by atoms with Crippen LogP contribution in [0.5, 0.6) is 5.75 Å². The maximum absolute atomic E-state index is 11.0. The zero-order valence-electron chi connectivity index (χ0n) is 11.2. The summed E-state index contributed by atoms with van der Waals surface area (Å²) >= 11 is 0. The molecule has 0 unspecified atom stereocenters. The topological polar surface area (TPSA) is 47.6 Å². The average Bonchev–Trinajstić information content (AvgIpc) is 2.39. The summed E-state index contributed by atoms with van der Waals surface area (Å²) in [6.07, 6.45) is 1.33. The van der Waals surface area contributed by atoms with Crippen molar-refractivity contribution in [1.29, 1.82) is 0 Å². The van der Waals surface area contributed by atoms with E-state index in [0.29, 0.717) is 6.42 Å². The third-order valence-electron chi connectivity index (χ3n) is 2.77. The highest BCUT2D eigenvalue weighted by Gasteiger charge is 2.07. The molecule has 0 fully saturated rings. The Labute approximate surface area is 108 Å². The molecule has 1 rings (SSSR count). The molecular weight excluding hydrogens is 230 g/mol. The summed E-state index contributed by atoms with van der Waals surface area (Å²) in [5, 5.41) is 3.29. The Hall–Kier alpha value is -1.55. The van der Waals surface area contributed by atoms with E-state index < -0.39 is 0 Å². The fourth-order valence-corrected chi connectivity index (χ4v) is 1.66. The minimum atomic E-state index is -0.181. The third-order valence-corrected chi connectivity index (χ3v) is 2.77. The van der Waals surface area contributed by atoms with Gasteiger partial charge in [0, 0.05) is 6.04 Å². The molecule has 0 aliphatic heterocycles. The van der Waals surface area contributed by atoms with Crippen molar-refractivity contribution < 1.29 is 14.3 Å². The minimum absolute atomic E-state index is 0.135. The maximum Gasteiger partial charge on any atom is 0.307 e. The van der Waals surface area contributed by atoms with E-state index in [0.717, 1.165) is 18.7 Å². The van der Waals surface area contributed by atoms with E-state index in [1.54, 1.807) is 7.11 Å². The van der Waals surface area contributed by atoms with Gasteiger partial charge in [0.25, 0.3) is 0 Å². The van der Waals surface area contributed by atoms with E-state index in [1.165, 1.54) is 12.7 Å². The Morgan fingerprint density at radius 3 is 2.50 bits per heavy atom. The first-order valence-corrected chi connectivity index (χ1v) is 6.09. The number of carbonyl (C=O) groups excluding carboxylic acids is 1. The zero-order valence-corrected chi connectivity index (χ0v) is 11.2. The predicted octanol–water partition coefficient (Wildman–Crippen LogP) is 1.78. The molecule has 0 saturated carbocycles. The summed E-state index contributed by atoms with van der Waals surface area (Å²) in [7, 11) is 3.07. The summed E-state index contributed by atoms with van der Waals surface area (Å²) in [6, 6.07) is 8.13. The van der Waals surface area contributed by atoms with Crippen molar-refractivity contribution in [1.82, 2.24) is 5.32 Å². The smallest absolute Gasteiger partial charge is 0.307 e. The van der Waals surface area contributed by atoms with Crippen LogP contribution < -0.4 is 10.1 Å². The zero-order chi connectivity index (χ0) is 13.4. The van der Waals surface area contributed by atoms with Gasteiger partial charge in [-0.2, -0.15) is 0 Å². The van der Waals surface area contributed by atoms with Crippen LogP contribution in [0.4, 0.5) is 0 Å². The molecule has 0 radical (unpaired) electrons. The van der Waals surface area contributed by atoms with Gasteiger partial charge < -0.3 is 14.8 Å². The quantitative estimate of drug-likeness (QED) is 0.750. The number of hydrogen-bond acceptors (Lipinski definition) is 4. The standard InChI is InChI=1S/C14H21NO3/c1-11(10-14(16)18-3)15-9-8-12-4-6-13(17-2)7-5-12/h4-7,11,15H,8-10H2,1-3H3/t11-/m1/s1. The van der Waals surface area contributed by atoms with Crippen molar-refractivity contribution in [3.63, 3.8) is 0 Å². The summed E-state index contributed by atoms with van der Waals surface area (Å²) in [6.45, 7) is 2.81. The highest BCUT2D eigenvalue weighted by molar-refractivity contribution is 5.69. The first-order chi connectivity index (χ1) is 8.65. The number of rotatable bonds is 7. The lowest BCUT2D eigenvalue weighted by molar-refractivity contribution is -0.141. The molecule has 0 saturated heterocycles. The van der Waals surface area contributed by atoms with E-state index in [9.17, 15) is 4.79 Å². The Bertz CT molecular complexity index is 362. The number of methoxy groups -OCH3 is 2. The van der Waals surface area contributed by atoms with Gasteiger partial charge in [0.15, 0.2) is 0 Å². The number of nitrogens with one attached hydrogen (secondary N) is 1. The lowest BCUT2D eigenvalue weighted by atomic mass is 10.1. The van der Waals surface area contributed by atoms with Gasteiger partial charge >= 0.3 is 5.97 Å². The molecule has 0 aliphatic carbocycles. The van der Waals surface area contributed by atoms with Crippen LogP contribution in [0.25, 0.3) is 0 Å². The monoisotopic (exact) mass is 251 g/mol. The van der Waals surface area contributed by atoms with Crippen molar-refractivity contribution in [2.75, 3.05) is 20.8 Å². The lowest BCUT2D eigenvalue weighted by Crippen LogP contribution is -2.30. The van der Waals surface area contributed by atoms with Crippen LogP contribution in [0.3, 0.4) is 0 Å². The van der Waals surface area contributed by atoms with E-state index in [4.69, 9.17) is 4.74 Å². The lowest BCUT2D eigenvalue weighted by Gasteiger charge is -2.12. The molecular formula is C14H21NO3. The van der Waals surface area contributed by atoms with Gasteiger partial charge in [-0.15, -0.1) is 0 Å². The van der Waals surface area contributed by atoms with Gasteiger partial charge in [0.05, 0.1) is 20.6 Å². The number of ether oxygens (including phenoxy) is 2. The second-order valence-electron chi connectivity index (χ2n) is 4.23. The highest BCUT2D eigenvalue weighted by Crippen LogP contribution is 2.11. The molecule has 1 aromatic rings. The van der Waals surface area contributed by atoms with Gasteiger partial charge in [-0.1, -0.05) is 12.1 Å². The second-order valence-corrected chi connectivity index (χ2v) is 4.23. The molecule has 0 amide bonds. The van der Waals surface area contributed by atoms with Crippen molar-refractivity contribution in [3.05, 3.63) is 29.8 Å². The molecule has 100 valence electrons. The van der Waals surface area contributed by atoms with E-state index in [-0.39, 0.29) is 12.0 Å². The number of hydrogen-bond donors (Lipinski definition) is 1. The van der Waals surface area contributed by atoms with Crippen LogP contribution in [0, 0.1) is 0 Å². The fraction of sp³-hybridized carbons (Fsp3) is 0.500. The number of carbonyl (C=O) groups is 1. The summed E-state index contributed by atoms with van der Waals surface area (Å²) in [5.74, 6) is 0.685. The maximum atomic E-state index is 11.0.